The van der Waals surface area contributed by atoms with E-state index in [4.69, 9.17) is 17.3 Å². The van der Waals surface area contributed by atoms with Gasteiger partial charge in [0, 0.05) is 17.1 Å². The molecule has 16 heavy (non-hydrogen) atoms. The Hall–Kier alpha value is -0.840. The van der Waals surface area contributed by atoms with Crippen LogP contribution >= 0.6 is 22.9 Å². The molecule has 0 aromatic carbocycles. The first-order chi connectivity index (χ1) is 7.59. The molecule has 0 saturated carbocycles. The van der Waals surface area contributed by atoms with Crippen LogP contribution in [0, 0.1) is 0 Å². The van der Waals surface area contributed by atoms with Gasteiger partial charge in [-0.15, -0.1) is 11.3 Å². The lowest BCUT2D eigenvalue weighted by Crippen LogP contribution is -2.14. The van der Waals surface area contributed by atoms with Crippen molar-refractivity contribution in [2.75, 3.05) is 0 Å². The Morgan fingerprint density at radius 2 is 2.19 bits per heavy atom. The summed E-state index contributed by atoms with van der Waals surface area (Å²) in [6, 6.07) is 4.17. The van der Waals surface area contributed by atoms with Gasteiger partial charge in [-0.05, 0) is 26.0 Å². The average molecular weight is 256 g/mol. The zero-order valence-corrected chi connectivity index (χ0v) is 10.8. The highest BCUT2D eigenvalue weighted by Gasteiger charge is 2.15. The number of aromatic nitrogens is 2. The summed E-state index contributed by atoms with van der Waals surface area (Å²) in [4.78, 5) is 5.36. The number of halogens is 1. The maximum atomic E-state index is 5.94. The van der Waals surface area contributed by atoms with Gasteiger partial charge in [-0.2, -0.15) is 0 Å². The largest absolute Gasteiger partial charge is 0.325 e. The third-order valence-electron chi connectivity index (χ3n) is 2.59. The molecule has 2 aromatic heterocycles. The van der Waals surface area contributed by atoms with Gasteiger partial charge in [0.1, 0.15) is 0 Å². The first-order valence-electron chi connectivity index (χ1n) is 5.12. The number of hydrogen-bond acceptors (Lipinski definition) is 3. The van der Waals surface area contributed by atoms with Crippen LogP contribution in [0.15, 0.2) is 24.7 Å². The van der Waals surface area contributed by atoms with Crippen molar-refractivity contribution in [1.82, 2.24) is 9.55 Å². The smallest absolute Gasteiger partial charge is 0.0954 e. The van der Waals surface area contributed by atoms with E-state index in [0.29, 0.717) is 0 Å². The summed E-state index contributed by atoms with van der Waals surface area (Å²) < 4.78 is 2.90. The van der Waals surface area contributed by atoms with Crippen LogP contribution in [0.4, 0.5) is 0 Å². The van der Waals surface area contributed by atoms with E-state index < -0.39 is 0 Å². The van der Waals surface area contributed by atoms with E-state index in [9.17, 15) is 0 Å². The molecular formula is C11H14ClN3S. The molecule has 2 rings (SSSR count). The molecule has 0 aliphatic carbocycles. The predicted octanol–water partition coefficient (Wildman–Crippen LogP) is 3.23. The van der Waals surface area contributed by atoms with Crippen molar-refractivity contribution in [1.29, 1.82) is 0 Å². The SMILES string of the molecule is CC(N)c1cncn1C(C)c1ccc(Cl)s1. The number of nitrogens with two attached hydrogens (primary N) is 1. The van der Waals surface area contributed by atoms with Crippen molar-refractivity contribution < 1.29 is 0 Å². The summed E-state index contributed by atoms with van der Waals surface area (Å²) in [6.45, 7) is 4.08. The zero-order valence-electron chi connectivity index (χ0n) is 9.22. The normalized spacial score (nSPS) is 15.0. The van der Waals surface area contributed by atoms with Crippen LogP contribution < -0.4 is 5.73 Å². The third-order valence-corrected chi connectivity index (χ3v) is 3.99. The van der Waals surface area contributed by atoms with Crippen LogP contribution in [0.25, 0.3) is 0 Å². The van der Waals surface area contributed by atoms with Crippen molar-refractivity contribution in [2.45, 2.75) is 25.9 Å². The second kappa shape index (κ2) is 4.57. The van der Waals surface area contributed by atoms with Gasteiger partial charge >= 0.3 is 0 Å². The van der Waals surface area contributed by atoms with Crippen molar-refractivity contribution in [3.05, 3.63) is 39.6 Å². The van der Waals surface area contributed by atoms with Gasteiger partial charge in [0.2, 0.25) is 0 Å². The second-order valence-electron chi connectivity index (χ2n) is 3.83. The summed E-state index contributed by atoms with van der Waals surface area (Å²) in [5.41, 5.74) is 6.94. The van der Waals surface area contributed by atoms with Gasteiger partial charge in [-0.25, -0.2) is 4.98 Å². The predicted molar refractivity (Wildman–Crippen MR) is 68.0 cm³/mol. The Bertz CT molecular complexity index is 475. The molecule has 0 amide bonds. The number of hydrogen-bond donors (Lipinski definition) is 1. The van der Waals surface area contributed by atoms with E-state index in [-0.39, 0.29) is 12.1 Å². The molecule has 0 spiro atoms. The molecule has 2 aromatic rings. The maximum absolute atomic E-state index is 5.94. The molecular weight excluding hydrogens is 242 g/mol. The summed E-state index contributed by atoms with van der Waals surface area (Å²) in [5, 5.41) is 0. The molecule has 2 heterocycles. The minimum absolute atomic E-state index is 0.0135. The van der Waals surface area contributed by atoms with Crippen LogP contribution in [0.3, 0.4) is 0 Å². The Morgan fingerprint density at radius 3 is 2.75 bits per heavy atom. The van der Waals surface area contributed by atoms with Crippen molar-refractivity contribution in [2.24, 2.45) is 5.73 Å². The fraction of sp³-hybridized carbons (Fsp3) is 0.364. The van der Waals surface area contributed by atoms with Gasteiger partial charge in [0.25, 0.3) is 0 Å². The van der Waals surface area contributed by atoms with Gasteiger partial charge in [-0.3, -0.25) is 0 Å². The molecule has 0 saturated heterocycles. The summed E-state index contributed by atoms with van der Waals surface area (Å²) in [6.07, 6.45) is 3.63. The van der Waals surface area contributed by atoms with Gasteiger partial charge in [0.05, 0.1) is 22.4 Å². The lowest BCUT2D eigenvalue weighted by Gasteiger charge is -2.16. The summed E-state index contributed by atoms with van der Waals surface area (Å²) >= 11 is 7.53. The van der Waals surface area contributed by atoms with Gasteiger partial charge < -0.3 is 10.3 Å². The Morgan fingerprint density at radius 1 is 1.44 bits per heavy atom. The molecule has 0 bridgehead atoms. The van der Waals surface area contributed by atoms with Gasteiger partial charge in [-0.1, -0.05) is 11.6 Å². The zero-order chi connectivity index (χ0) is 11.7. The van der Waals surface area contributed by atoms with Crippen LogP contribution in [0.1, 0.15) is 36.5 Å². The van der Waals surface area contributed by atoms with E-state index in [1.165, 1.54) is 4.88 Å². The standard InChI is InChI=1S/C11H14ClN3S/c1-7(13)9-5-14-6-15(9)8(2)10-3-4-11(12)16-10/h3-8H,13H2,1-2H3. The molecule has 2 unspecified atom stereocenters. The fourth-order valence-electron chi connectivity index (χ4n) is 1.68. The molecule has 2 N–H and O–H groups in total. The number of nitrogens with zero attached hydrogens (tertiary/aromatic N) is 2. The molecule has 86 valence electrons. The van der Waals surface area contributed by atoms with E-state index >= 15 is 0 Å². The molecule has 0 fully saturated rings. The quantitative estimate of drug-likeness (QED) is 0.915. The number of rotatable bonds is 3. The molecule has 0 radical (unpaired) electrons. The Labute approximate surface area is 104 Å². The monoisotopic (exact) mass is 255 g/mol. The first-order valence-corrected chi connectivity index (χ1v) is 6.31. The molecule has 2 atom stereocenters. The Kier molecular flexibility index (Phi) is 3.33. The lowest BCUT2D eigenvalue weighted by atomic mass is 10.2. The summed E-state index contributed by atoms with van der Waals surface area (Å²) in [5.74, 6) is 0. The van der Waals surface area contributed by atoms with Crippen LogP contribution in [-0.2, 0) is 0 Å². The lowest BCUT2D eigenvalue weighted by molar-refractivity contribution is 0.589. The molecule has 5 heteroatoms. The van der Waals surface area contributed by atoms with E-state index in [1.54, 1.807) is 11.3 Å². The van der Waals surface area contributed by atoms with Crippen molar-refractivity contribution in [3.63, 3.8) is 0 Å². The van der Waals surface area contributed by atoms with E-state index in [2.05, 4.69) is 16.5 Å². The highest BCUT2D eigenvalue weighted by atomic mass is 35.5. The van der Waals surface area contributed by atoms with Crippen molar-refractivity contribution in [3.8, 4) is 0 Å². The summed E-state index contributed by atoms with van der Waals surface area (Å²) in [7, 11) is 0. The van der Waals surface area contributed by atoms with E-state index in [0.717, 1.165) is 10.0 Å². The first kappa shape index (κ1) is 11.6. The second-order valence-corrected chi connectivity index (χ2v) is 5.58. The van der Waals surface area contributed by atoms with Crippen molar-refractivity contribution >= 4 is 22.9 Å². The van der Waals surface area contributed by atoms with Gasteiger partial charge in [0.15, 0.2) is 0 Å². The van der Waals surface area contributed by atoms with Crippen LogP contribution in [-0.4, -0.2) is 9.55 Å². The highest BCUT2D eigenvalue weighted by Crippen LogP contribution is 2.30. The average Bonchev–Trinajstić information content (AvgIpc) is 2.84. The third kappa shape index (κ3) is 2.14. The molecule has 0 aliphatic heterocycles. The van der Waals surface area contributed by atoms with Crippen LogP contribution in [0.5, 0.6) is 0 Å². The highest BCUT2D eigenvalue weighted by molar-refractivity contribution is 7.16. The fourth-order valence-corrected chi connectivity index (χ4v) is 2.79. The number of thiophene rings is 1. The topological polar surface area (TPSA) is 43.8 Å². The molecule has 3 nitrogen and oxygen atoms in total. The van der Waals surface area contributed by atoms with Crippen LogP contribution in [0.2, 0.25) is 4.34 Å². The Balaban J connectivity index is 2.33. The minimum Gasteiger partial charge on any atom is -0.325 e. The maximum Gasteiger partial charge on any atom is 0.0954 e. The minimum atomic E-state index is -0.0135. The van der Waals surface area contributed by atoms with E-state index in [1.807, 2.05) is 31.6 Å². The molecule has 0 aliphatic rings. The number of imidazole rings is 1.